The van der Waals surface area contributed by atoms with E-state index in [4.69, 9.17) is 24.7 Å². The molecule has 4 atom stereocenters. The number of ether oxygens (including phenoxy) is 4. The number of rotatable bonds is 4. The summed E-state index contributed by atoms with van der Waals surface area (Å²) in [6.07, 6.45) is -0.583. The van der Waals surface area contributed by atoms with E-state index in [1.165, 1.54) is 0 Å². The zero-order valence-corrected chi connectivity index (χ0v) is 13.9. The van der Waals surface area contributed by atoms with E-state index in [0.717, 1.165) is 0 Å². The van der Waals surface area contributed by atoms with Crippen molar-refractivity contribution in [2.75, 3.05) is 20.3 Å². The number of hydrogen-bond donors (Lipinski definition) is 1. The highest BCUT2D eigenvalue weighted by molar-refractivity contribution is 4.92. The van der Waals surface area contributed by atoms with Gasteiger partial charge in [-0.05, 0) is 41.5 Å². The van der Waals surface area contributed by atoms with Crippen LogP contribution in [0.4, 0.5) is 0 Å². The van der Waals surface area contributed by atoms with Crippen LogP contribution in [0, 0.1) is 0 Å². The third-order valence-electron chi connectivity index (χ3n) is 3.06. The Morgan fingerprint density at radius 1 is 1.05 bits per heavy atom. The summed E-state index contributed by atoms with van der Waals surface area (Å²) < 4.78 is 23.3. The minimum absolute atomic E-state index is 0.168. The lowest BCUT2D eigenvalue weighted by atomic mass is 9.97. The fourth-order valence-corrected chi connectivity index (χ4v) is 2.21. The van der Waals surface area contributed by atoms with Crippen LogP contribution in [0.5, 0.6) is 0 Å². The molecule has 0 radical (unpaired) electrons. The highest BCUT2D eigenvalue weighted by Gasteiger charge is 2.42. The van der Waals surface area contributed by atoms with Crippen LogP contribution < -0.4 is 5.73 Å². The zero-order chi connectivity index (χ0) is 15.6. The average molecular weight is 289 g/mol. The Kier molecular flexibility index (Phi) is 5.99. The molecule has 1 fully saturated rings. The summed E-state index contributed by atoms with van der Waals surface area (Å²) in [7, 11) is 1.66. The predicted molar refractivity (Wildman–Crippen MR) is 78.8 cm³/mol. The molecular formula is C15H31NO4. The molecule has 1 aliphatic rings. The Bertz CT molecular complexity index is 295. The van der Waals surface area contributed by atoms with Gasteiger partial charge in [-0.1, -0.05) is 0 Å². The van der Waals surface area contributed by atoms with Crippen molar-refractivity contribution in [3.05, 3.63) is 0 Å². The lowest BCUT2D eigenvalue weighted by Gasteiger charge is -2.43. The summed E-state index contributed by atoms with van der Waals surface area (Å²) in [4.78, 5) is 0. The summed E-state index contributed by atoms with van der Waals surface area (Å²) >= 11 is 0. The molecule has 120 valence electrons. The lowest BCUT2D eigenvalue weighted by Crippen LogP contribution is -2.60. The number of nitrogens with two attached hydrogens (primary N) is 1. The van der Waals surface area contributed by atoms with Crippen molar-refractivity contribution in [2.24, 2.45) is 5.73 Å². The average Bonchev–Trinajstić information content (AvgIpc) is 2.25. The zero-order valence-electron chi connectivity index (χ0n) is 13.9. The van der Waals surface area contributed by atoms with Crippen molar-refractivity contribution in [1.29, 1.82) is 0 Å². The molecule has 1 saturated heterocycles. The van der Waals surface area contributed by atoms with Gasteiger partial charge in [-0.25, -0.2) is 0 Å². The quantitative estimate of drug-likeness (QED) is 0.854. The van der Waals surface area contributed by atoms with Gasteiger partial charge in [-0.3, -0.25) is 0 Å². The van der Waals surface area contributed by atoms with Crippen molar-refractivity contribution in [3.63, 3.8) is 0 Å². The van der Waals surface area contributed by atoms with Gasteiger partial charge in [0, 0.05) is 7.11 Å². The van der Waals surface area contributed by atoms with Gasteiger partial charge in [0.05, 0.1) is 30.5 Å². The van der Waals surface area contributed by atoms with Gasteiger partial charge in [-0.15, -0.1) is 0 Å². The van der Waals surface area contributed by atoms with E-state index in [-0.39, 0.29) is 35.6 Å². The highest BCUT2D eigenvalue weighted by atomic mass is 16.6. The summed E-state index contributed by atoms with van der Waals surface area (Å²) in [6, 6.07) is -0.182. The normalized spacial score (nSPS) is 32.4. The molecule has 0 spiro atoms. The molecule has 2 N–H and O–H groups in total. The minimum atomic E-state index is -0.290. The van der Waals surface area contributed by atoms with Crippen molar-refractivity contribution in [3.8, 4) is 0 Å². The maximum atomic E-state index is 6.12. The molecule has 1 rings (SSSR count). The van der Waals surface area contributed by atoms with Crippen molar-refractivity contribution >= 4 is 0 Å². The van der Waals surface area contributed by atoms with Gasteiger partial charge < -0.3 is 24.7 Å². The molecule has 1 aliphatic heterocycles. The van der Waals surface area contributed by atoms with Crippen LogP contribution in [0.2, 0.25) is 0 Å². The Balaban J connectivity index is 2.78. The molecule has 0 amide bonds. The molecule has 5 heteroatoms. The third kappa shape index (κ3) is 5.66. The fourth-order valence-electron chi connectivity index (χ4n) is 2.21. The second-order valence-corrected chi connectivity index (χ2v) is 7.35. The molecule has 0 aliphatic carbocycles. The maximum Gasteiger partial charge on any atom is 0.114 e. The highest BCUT2D eigenvalue weighted by Crippen LogP contribution is 2.26. The molecule has 20 heavy (non-hydrogen) atoms. The first-order valence-electron chi connectivity index (χ1n) is 7.25. The number of methoxy groups -OCH3 is 1. The third-order valence-corrected chi connectivity index (χ3v) is 3.06. The van der Waals surface area contributed by atoms with E-state index in [2.05, 4.69) is 0 Å². The van der Waals surface area contributed by atoms with Gasteiger partial charge in [0.2, 0.25) is 0 Å². The Morgan fingerprint density at radius 3 is 2.10 bits per heavy atom. The molecule has 1 heterocycles. The maximum absolute atomic E-state index is 6.12. The SMILES string of the molecule is CO[C@@H]1C(OC(C)(C)C)[C@@H](COC(C)(C)C)OC[C@H]1N. The van der Waals surface area contributed by atoms with Crippen molar-refractivity contribution in [1.82, 2.24) is 0 Å². The van der Waals surface area contributed by atoms with Crippen LogP contribution in [0.15, 0.2) is 0 Å². The Hall–Kier alpha value is -0.200. The predicted octanol–water partition coefficient (Wildman–Crippen LogP) is 1.73. The topological polar surface area (TPSA) is 62.9 Å². The molecule has 5 nitrogen and oxygen atoms in total. The van der Waals surface area contributed by atoms with Crippen LogP contribution in [-0.2, 0) is 18.9 Å². The Labute approximate surface area is 123 Å². The van der Waals surface area contributed by atoms with E-state index in [1.54, 1.807) is 7.11 Å². The molecule has 0 aromatic heterocycles. The molecule has 0 aromatic carbocycles. The van der Waals surface area contributed by atoms with Gasteiger partial charge in [-0.2, -0.15) is 0 Å². The monoisotopic (exact) mass is 289 g/mol. The second-order valence-electron chi connectivity index (χ2n) is 7.35. The van der Waals surface area contributed by atoms with Crippen molar-refractivity contribution in [2.45, 2.75) is 77.1 Å². The van der Waals surface area contributed by atoms with Crippen LogP contribution in [-0.4, -0.2) is 55.9 Å². The van der Waals surface area contributed by atoms with Crippen LogP contribution >= 0.6 is 0 Å². The van der Waals surface area contributed by atoms with Crippen molar-refractivity contribution < 1.29 is 18.9 Å². The summed E-state index contributed by atoms with van der Waals surface area (Å²) in [5, 5.41) is 0. The van der Waals surface area contributed by atoms with E-state index in [0.29, 0.717) is 13.2 Å². The molecule has 0 bridgehead atoms. The molecule has 0 saturated carbocycles. The standard InChI is InChI=1S/C15H31NO4/c1-14(2,3)19-9-11-13(20-15(4,5)6)12(17-7)10(16)8-18-11/h10-13H,8-9,16H2,1-7H3/t10-,11-,12+,13?/m1/s1. The van der Waals surface area contributed by atoms with Gasteiger partial charge in [0.25, 0.3) is 0 Å². The lowest BCUT2D eigenvalue weighted by molar-refractivity contribution is -0.225. The number of hydrogen-bond acceptors (Lipinski definition) is 5. The fraction of sp³-hybridized carbons (Fsp3) is 1.00. The summed E-state index contributed by atoms with van der Waals surface area (Å²) in [6.45, 7) is 13.0. The van der Waals surface area contributed by atoms with E-state index >= 15 is 0 Å². The second kappa shape index (κ2) is 6.71. The smallest absolute Gasteiger partial charge is 0.114 e. The Morgan fingerprint density at radius 2 is 1.65 bits per heavy atom. The summed E-state index contributed by atoms with van der Waals surface area (Å²) in [5.41, 5.74) is 5.57. The van der Waals surface area contributed by atoms with E-state index in [9.17, 15) is 0 Å². The first kappa shape index (κ1) is 17.9. The largest absolute Gasteiger partial charge is 0.377 e. The summed E-state index contributed by atoms with van der Waals surface area (Å²) in [5.74, 6) is 0. The first-order chi connectivity index (χ1) is 9.03. The van der Waals surface area contributed by atoms with Gasteiger partial charge in [0.1, 0.15) is 18.3 Å². The van der Waals surface area contributed by atoms with Crippen LogP contribution in [0.3, 0.4) is 0 Å². The first-order valence-corrected chi connectivity index (χ1v) is 7.25. The van der Waals surface area contributed by atoms with Crippen LogP contribution in [0.25, 0.3) is 0 Å². The van der Waals surface area contributed by atoms with E-state index in [1.807, 2.05) is 41.5 Å². The van der Waals surface area contributed by atoms with Crippen LogP contribution in [0.1, 0.15) is 41.5 Å². The minimum Gasteiger partial charge on any atom is -0.377 e. The molecule has 0 aromatic rings. The molecular weight excluding hydrogens is 258 g/mol. The van der Waals surface area contributed by atoms with E-state index < -0.39 is 0 Å². The van der Waals surface area contributed by atoms with Gasteiger partial charge >= 0.3 is 0 Å². The molecule has 1 unspecified atom stereocenters. The van der Waals surface area contributed by atoms with Gasteiger partial charge in [0.15, 0.2) is 0 Å².